The van der Waals surface area contributed by atoms with Crippen molar-refractivity contribution in [1.82, 2.24) is 15.1 Å². The fourth-order valence-electron chi connectivity index (χ4n) is 3.34. The molecule has 0 radical (unpaired) electrons. The molecule has 0 bridgehead atoms. The van der Waals surface area contributed by atoms with E-state index in [1.807, 2.05) is 6.07 Å². The van der Waals surface area contributed by atoms with Gasteiger partial charge in [-0.1, -0.05) is 0 Å². The van der Waals surface area contributed by atoms with Gasteiger partial charge in [-0.05, 0) is 62.4 Å². The minimum atomic E-state index is -1.22. The summed E-state index contributed by atoms with van der Waals surface area (Å²) < 4.78 is 22.7. The molecule has 1 N–H and O–H groups in total. The third-order valence-corrected chi connectivity index (χ3v) is 5.27. The van der Waals surface area contributed by atoms with Crippen molar-refractivity contribution in [3.8, 4) is 34.3 Å². The van der Waals surface area contributed by atoms with Crippen molar-refractivity contribution < 1.29 is 23.7 Å². The summed E-state index contributed by atoms with van der Waals surface area (Å²) in [6.07, 6.45) is 0. The zero-order chi connectivity index (χ0) is 23.4. The largest absolute Gasteiger partial charge is 0.497 e. The highest BCUT2D eigenvalue weighted by atomic mass is 16.7. The fourth-order valence-corrected chi connectivity index (χ4v) is 3.34. The molecule has 1 aromatic heterocycles. The number of rotatable bonds is 8. The van der Waals surface area contributed by atoms with E-state index < -0.39 is 5.54 Å². The number of aromatic nitrogens is 2. The molecule has 33 heavy (non-hydrogen) atoms. The summed E-state index contributed by atoms with van der Waals surface area (Å²) >= 11 is 0. The van der Waals surface area contributed by atoms with Crippen LogP contribution in [0.25, 0.3) is 11.3 Å². The fraction of sp³-hybridized carbons (Fsp3) is 0.292. The third kappa shape index (κ3) is 4.77. The van der Waals surface area contributed by atoms with Gasteiger partial charge in [0.2, 0.25) is 12.7 Å². The monoisotopic (exact) mass is 451 g/mol. The van der Waals surface area contributed by atoms with Gasteiger partial charge in [-0.2, -0.15) is 5.10 Å². The zero-order valence-electron chi connectivity index (χ0n) is 18.7. The Kier molecular flexibility index (Phi) is 6.21. The van der Waals surface area contributed by atoms with E-state index in [9.17, 15) is 9.59 Å². The molecule has 2 aromatic carbocycles. The summed E-state index contributed by atoms with van der Waals surface area (Å²) in [5.74, 6) is 2.32. The molecule has 0 unspecified atom stereocenters. The molecule has 1 aliphatic rings. The van der Waals surface area contributed by atoms with Gasteiger partial charge in [-0.25, -0.2) is 4.68 Å². The first-order valence-corrected chi connectivity index (χ1v) is 10.4. The molecule has 172 valence electrons. The van der Waals surface area contributed by atoms with Crippen LogP contribution in [0.1, 0.15) is 13.8 Å². The molecular weight excluding hydrogens is 426 g/mol. The molecule has 0 spiro atoms. The molecule has 9 heteroatoms. The lowest BCUT2D eigenvalue weighted by Gasteiger charge is -2.25. The predicted octanol–water partition coefficient (Wildman–Crippen LogP) is 2.58. The highest BCUT2D eigenvalue weighted by molar-refractivity contribution is 5.83. The Hall–Kier alpha value is -4.01. The van der Waals surface area contributed by atoms with Crippen molar-refractivity contribution in [2.24, 2.45) is 0 Å². The van der Waals surface area contributed by atoms with E-state index in [2.05, 4.69) is 10.4 Å². The topological polar surface area (TPSA) is 101 Å². The average molecular weight is 451 g/mol. The number of ether oxygens (including phenoxy) is 4. The van der Waals surface area contributed by atoms with Gasteiger partial charge in [0.25, 0.3) is 5.56 Å². The molecule has 2 heterocycles. The van der Waals surface area contributed by atoms with Crippen LogP contribution >= 0.6 is 0 Å². The van der Waals surface area contributed by atoms with Crippen LogP contribution in [0.5, 0.6) is 23.0 Å². The number of amides is 1. The first-order valence-electron chi connectivity index (χ1n) is 10.4. The maximum atomic E-state index is 12.9. The van der Waals surface area contributed by atoms with Crippen LogP contribution in [-0.4, -0.2) is 42.7 Å². The number of fused-ring (bicyclic) bond motifs is 1. The Morgan fingerprint density at radius 1 is 1.06 bits per heavy atom. The third-order valence-electron chi connectivity index (χ3n) is 5.27. The van der Waals surface area contributed by atoms with E-state index >= 15 is 0 Å². The van der Waals surface area contributed by atoms with Crippen molar-refractivity contribution >= 4 is 5.91 Å². The second-order valence-electron chi connectivity index (χ2n) is 7.88. The van der Waals surface area contributed by atoms with Gasteiger partial charge in [-0.15, -0.1) is 0 Å². The van der Waals surface area contributed by atoms with Gasteiger partial charge in [0, 0.05) is 11.6 Å². The van der Waals surface area contributed by atoms with E-state index in [-0.39, 0.29) is 31.4 Å². The Balaban J connectivity index is 1.42. The number of carbonyl (C=O) groups excluding carboxylic acids is 1. The van der Waals surface area contributed by atoms with Crippen LogP contribution in [-0.2, 0) is 10.3 Å². The molecule has 9 nitrogen and oxygen atoms in total. The normalized spacial score (nSPS) is 12.3. The molecule has 0 fully saturated rings. The molecule has 0 aliphatic carbocycles. The van der Waals surface area contributed by atoms with Gasteiger partial charge in [-0.3, -0.25) is 9.59 Å². The predicted molar refractivity (Wildman–Crippen MR) is 121 cm³/mol. The SMILES string of the molecule is COc1ccc(OCCNC(=O)C(C)(C)n2nc(-c3ccc4c(c3)OCO4)ccc2=O)cc1. The number of hydrogen-bond donors (Lipinski definition) is 1. The Bertz CT molecular complexity index is 1200. The van der Waals surface area contributed by atoms with Gasteiger partial charge >= 0.3 is 0 Å². The number of nitrogens with one attached hydrogen (secondary N) is 1. The minimum Gasteiger partial charge on any atom is -0.497 e. The van der Waals surface area contributed by atoms with Crippen molar-refractivity contribution in [2.75, 3.05) is 27.1 Å². The van der Waals surface area contributed by atoms with Crippen LogP contribution in [0, 0.1) is 0 Å². The molecule has 1 amide bonds. The van der Waals surface area contributed by atoms with Crippen molar-refractivity contribution in [3.63, 3.8) is 0 Å². The minimum absolute atomic E-state index is 0.168. The molecule has 0 saturated carbocycles. The van der Waals surface area contributed by atoms with E-state index in [1.54, 1.807) is 63.4 Å². The van der Waals surface area contributed by atoms with Crippen molar-refractivity contribution in [2.45, 2.75) is 19.4 Å². The maximum Gasteiger partial charge on any atom is 0.267 e. The maximum absolute atomic E-state index is 12.9. The van der Waals surface area contributed by atoms with Gasteiger partial charge in [0.05, 0.1) is 19.3 Å². The van der Waals surface area contributed by atoms with E-state index in [0.717, 1.165) is 11.3 Å². The van der Waals surface area contributed by atoms with Crippen LogP contribution < -0.4 is 29.8 Å². The number of benzene rings is 2. The van der Waals surface area contributed by atoms with Gasteiger partial charge < -0.3 is 24.3 Å². The summed E-state index contributed by atoms with van der Waals surface area (Å²) in [7, 11) is 1.60. The first-order chi connectivity index (χ1) is 15.9. The highest BCUT2D eigenvalue weighted by Crippen LogP contribution is 2.35. The lowest BCUT2D eigenvalue weighted by Crippen LogP contribution is -2.50. The van der Waals surface area contributed by atoms with Crippen molar-refractivity contribution in [3.05, 3.63) is 65.0 Å². The van der Waals surface area contributed by atoms with E-state index in [1.165, 1.54) is 10.7 Å². The molecule has 0 atom stereocenters. The molecule has 4 rings (SSSR count). The van der Waals surface area contributed by atoms with Crippen LogP contribution in [0.2, 0.25) is 0 Å². The standard InChI is InChI=1S/C24H25N3O6/c1-24(2,23(29)25-12-13-31-18-7-5-17(30-3)6-8-18)27-22(28)11-9-19(26-27)16-4-10-20-21(14-16)33-15-32-20/h4-11,14H,12-13,15H2,1-3H3,(H,25,29). The number of methoxy groups -OCH3 is 1. The molecule has 3 aromatic rings. The number of nitrogens with zero attached hydrogens (tertiary/aromatic N) is 2. The lowest BCUT2D eigenvalue weighted by molar-refractivity contribution is -0.129. The zero-order valence-corrected chi connectivity index (χ0v) is 18.7. The highest BCUT2D eigenvalue weighted by Gasteiger charge is 2.32. The quantitative estimate of drug-likeness (QED) is 0.526. The Labute approximate surface area is 190 Å². The number of carbonyl (C=O) groups is 1. The lowest BCUT2D eigenvalue weighted by atomic mass is 10.0. The van der Waals surface area contributed by atoms with Crippen molar-refractivity contribution in [1.29, 1.82) is 0 Å². The summed E-state index contributed by atoms with van der Waals surface area (Å²) in [4.78, 5) is 25.4. The first kappa shape index (κ1) is 22.2. The summed E-state index contributed by atoms with van der Waals surface area (Å²) in [5.41, 5.74) is -0.313. The van der Waals surface area contributed by atoms with Crippen LogP contribution in [0.3, 0.4) is 0 Å². The van der Waals surface area contributed by atoms with Gasteiger partial charge in [0.15, 0.2) is 11.5 Å². The summed E-state index contributed by atoms with van der Waals surface area (Å²) in [5, 5.41) is 7.27. The average Bonchev–Trinajstić information content (AvgIpc) is 3.30. The second-order valence-corrected chi connectivity index (χ2v) is 7.88. The smallest absolute Gasteiger partial charge is 0.267 e. The van der Waals surface area contributed by atoms with Gasteiger partial charge in [0.1, 0.15) is 23.6 Å². The van der Waals surface area contributed by atoms with E-state index in [4.69, 9.17) is 18.9 Å². The Morgan fingerprint density at radius 2 is 1.79 bits per heavy atom. The molecule has 1 aliphatic heterocycles. The summed E-state index contributed by atoms with van der Waals surface area (Å²) in [6.45, 7) is 3.99. The van der Waals surface area contributed by atoms with Crippen LogP contribution in [0.4, 0.5) is 0 Å². The molecular formula is C24H25N3O6. The molecule has 0 saturated heterocycles. The summed E-state index contributed by atoms with van der Waals surface area (Å²) in [6, 6.07) is 15.6. The van der Waals surface area contributed by atoms with E-state index in [0.29, 0.717) is 22.9 Å². The second kappa shape index (κ2) is 9.23. The van der Waals surface area contributed by atoms with Crippen LogP contribution in [0.15, 0.2) is 59.4 Å². The Morgan fingerprint density at radius 3 is 2.55 bits per heavy atom. The number of hydrogen-bond acceptors (Lipinski definition) is 7.